The first-order chi connectivity index (χ1) is 35.6. The lowest BCUT2D eigenvalue weighted by Gasteiger charge is -2.60. The van der Waals surface area contributed by atoms with Crippen LogP contribution in [0.4, 0.5) is 0 Å². The molecule has 11 heterocycles. The van der Waals surface area contributed by atoms with E-state index in [-0.39, 0.29) is 0 Å². The largest absolute Gasteiger partial charge is 0.317 e. The van der Waals surface area contributed by atoms with E-state index in [4.69, 9.17) is 0 Å². The van der Waals surface area contributed by atoms with Crippen molar-refractivity contribution in [2.24, 2.45) is 32.5 Å². The molecule has 11 saturated heterocycles. The Morgan fingerprint density at radius 2 is 0.468 bits per heavy atom. The lowest BCUT2D eigenvalue weighted by atomic mass is 9.62. The predicted molar refractivity (Wildman–Crippen MR) is 332 cm³/mol. The Labute approximate surface area is 478 Å². The van der Waals surface area contributed by atoms with Crippen LogP contribution in [-0.2, 0) is 0 Å². The summed E-state index contributed by atoms with van der Waals surface area (Å²) in [5.74, 6) is 0. The number of rotatable bonds is 0. The molecule has 77 heavy (non-hydrogen) atoms. The Morgan fingerprint density at radius 1 is 0.221 bits per heavy atom. The minimum absolute atomic E-state index is 0.369. The fourth-order valence-electron chi connectivity index (χ4n) is 15.1. The maximum absolute atomic E-state index is 3.52. The molecule has 11 heteroatoms. The number of hydrogen-bond donors (Lipinski definition) is 5. The molecule has 11 aliphatic heterocycles. The van der Waals surface area contributed by atoms with Crippen molar-refractivity contribution in [1.82, 2.24) is 56.0 Å². The van der Waals surface area contributed by atoms with E-state index < -0.39 is 0 Å². The van der Waals surface area contributed by atoms with Crippen LogP contribution in [0.5, 0.6) is 0 Å². The first kappa shape index (κ1) is 64.1. The van der Waals surface area contributed by atoms with Crippen molar-refractivity contribution in [2.75, 3.05) is 144 Å². The Morgan fingerprint density at radius 3 is 0.727 bits per heavy atom. The number of hydrogen-bond acceptors (Lipinski definition) is 11. The Balaban J connectivity index is 0.000000135. The number of likely N-dealkylation sites (tertiary alicyclic amines) is 6. The Kier molecular flexibility index (Phi) is 20.5. The standard InChI is InChI=1S/C13H26N2.C12H24N2.2C11H22N2.C10H19N.C9H18N2/c1-12(2,3)15-10-6-13(7-11-15)4-8-14-9-5-13;1-11(2,3)14-8-5-12(6-9-14)4-7-13-10-12;1-10(2,3)13-6-4-11(5-7-13)8-12-9-11;1-10(2,3)13-8-11(9-13)4-6-12-7-5-11;1-9(2,3)11-7-10(8-11)5-4-6-10;1-8(2,3)11-6-9(7-11)4-10-5-9/h14H,4-11H2,1-3H3;13H,4-10H2,1-3H3;2*12H,4-9H2,1-3H3;4-8H2,1-3H3;10H,4-7H2,1-3H3. The third kappa shape index (κ3) is 17.1. The molecule has 0 aromatic carbocycles. The second kappa shape index (κ2) is 24.6. The van der Waals surface area contributed by atoms with Gasteiger partial charge in [0.25, 0.3) is 0 Å². The minimum Gasteiger partial charge on any atom is -0.317 e. The number of piperidine rings is 5. The van der Waals surface area contributed by atoms with Gasteiger partial charge < -0.3 is 26.6 Å². The molecule has 6 spiro atoms. The van der Waals surface area contributed by atoms with Gasteiger partial charge in [0.15, 0.2) is 0 Å². The van der Waals surface area contributed by atoms with Crippen molar-refractivity contribution in [3.05, 3.63) is 0 Å². The van der Waals surface area contributed by atoms with E-state index in [1.807, 2.05) is 0 Å². The van der Waals surface area contributed by atoms with E-state index in [0.29, 0.717) is 60.3 Å². The Bertz CT molecular complexity index is 1700. The lowest BCUT2D eigenvalue weighted by molar-refractivity contribution is -0.104. The van der Waals surface area contributed by atoms with Crippen LogP contribution in [0.15, 0.2) is 0 Å². The number of nitrogens with one attached hydrogen (secondary N) is 5. The molecule has 0 aromatic heterocycles. The molecule has 0 atom stereocenters. The quantitative estimate of drug-likeness (QED) is 0.161. The molecule has 0 bridgehead atoms. The van der Waals surface area contributed by atoms with Crippen molar-refractivity contribution in [1.29, 1.82) is 0 Å². The monoisotopic (exact) mass is 1080 g/mol. The van der Waals surface area contributed by atoms with Gasteiger partial charge in [-0.25, -0.2) is 0 Å². The van der Waals surface area contributed by atoms with E-state index in [9.17, 15) is 0 Å². The molecule has 1 aliphatic carbocycles. The third-order valence-electron chi connectivity index (χ3n) is 22.4. The van der Waals surface area contributed by atoms with Crippen LogP contribution in [-0.4, -0.2) is 207 Å². The van der Waals surface area contributed by atoms with E-state index in [1.165, 1.54) is 234 Å². The lowest BCUT2D eigenvalue weighted by Crippen LogP contribution is -2.73. The van der Waals surface area contributed by atoms with Crippen molar-refractivity contribution >= 4 is 0 Å². The smallest absolute Gasteiger partial charge is 0.0207 e. The zero-order valence-corrected chi connectivity index (χ0v) is 54.6. The summed E-state index contributed by atoms with van der Waals surface area (Å²) < 4.78 is 0. The zero-order valence-electron chi connectivity index (χ0n) is 54.6. The topological polar surface area (TPSA) is 79.6 Å². The van der Waals surface area contributed by atoms with Crippen LogP contribution < -0.4 is 26.6 Å². The highest BCUT2D eigenvalue weighted by Crippen LogP contribution is 2.50. The maximum atomic E-state index is 3.52. The van der Waals surface area contributed by atoms with E-state index in [1.54, 1.807) is 0 Å². The SMILES string of the molecule is CC(C)(C)N1CC2(CCC2)C1.CC(C)(C)N1CC2(CCNCC2)C1.CC(C)(C)N1CC2(CNC2)C1.CC(C)(C)N1CCC2(CC1)CNC2.CC(C)(C)N1CCC2(CCNC2)CC1.CC(C)(C)N1CCC2(CCNCC2)CC1. The summed E-state index contributed by atoms with van der Waals surface area (Å²) in [5.41, 5.74) is 6.55. The predicted octanol–water partition coefficient (Wildman–Crippen LogP) is 10.0. The summed E-state index contributed by atoms with van der Waals surface area (Å²) in [6.07, 6.45) is 19.9. The molecule has 12 rings (SSSR count). The molecule has 12 fully saturated rings. The maximum Gasteiger partial charge on any atom is 0.0207 e. The summed E-state index contributed by atoms with van der Waals surface area (Å²) >= 11 is 0. The third-order valence-corrected chi connectivity index (χ3v) is 22.4. The zero-order chi connectivity index (χ0) is 56.5. The van der Waals surface area contributed by atoms with Crippen LogP contribution in [0.3, 0.4) is 0 Å². The van der Waals surface area contributed by atoms with Gasteiger partial charge in [0.1, 0.15) is 0 Å². The van der Waals surface area contributed by atoms with Crippen LogP contribution in [0.25, 0.3) is 0 Å². The average molecular weight is 1080 g/mol. The van der Waals surface area contributed by atoms with Crippen molar-refractivity contribution < 1.29 is 0 Å². The van der Waals surface area contributed by atoms with Crippen molar-refractivity contribution in [2.45, 2.75) is 248 Å². The van der Waals surface area contributed by atoms with Crippen LogP contribution in [0.1, 0.15) is 215 Å². The van der Waals surface area contributed by atoms with Crippen molar-refractivity contribution in [3.63, 3.8) is 0 Å². The molecule has 11 nitrogen and oxygen atoms in total. The van der Waals surface area contributed by atoms with Gasteiger partial charge in [-0.1, -0.05) is 6.42 Å². The minimum atomic E-state index is 0.369. The highest BCUT2D eigenvalue weighted by atomic mass is 15.3. The molecule has 1 saturated carbocycles. The fourth-order valence-corrected chi connectivity index (χ4v) is 15.1. The normalized spacial score (nSPS) is 28.9. The van der Waals surface area contributed by atoms with Gasteiger partial charge in [0.05, 0.1) is 0 Å². The molecule has 0 amide bonds. The summed E-state index contributed by atoms with van der Waals surface area (Å²) in [5, 5.41) is 17.2. The van der Waals surface area contributed by atoms with E-state index >= 15 is 0 Å². The van der Waals surface area contributed by atoms with Gasteiger partial charge in [0.2, 0.25) is 0 Å². The molecular formula is C66H131N11. The van der Waals surface area contributed by atoms with Gasteiger partial charge in [-0.15, -0.1) is 0 Å². The van der Waals surface area contributed by atoms with E-state index in [2.05, 4.69) is 181 Å². The fraction of sp³-hybridized carbons (Fsp3) is 1.00. The van der Waals surface area contributed by atoms with Crippen LogP contribution >= 0.6 is 0 Å². The summed E-state index contributed by atoms with van der Waals surface area (Å²) in [7, 11) is 0. The van der Waals surface area contributed by atoms with Gasteiger partial charge in [0, 0.05) is 111 Å². The number of nitrogens with zero attached hydrogens (tertiary/aromatic N) is 6. The van der Waals surface area contributed by atoms with Gasteiger partial charge >= 0.3 is 0 Å². The molecule has 450 valence electrons. The first-order valence-corrected chi connectivity index (χ1v) is 32.7. The van der Waals surface area contributed by atoms with Crippen LogP contribution in [0.2, 0.25) is 0 Å². The van der Waals surface area contributed by atoms with Gasteiger partial charge in [-0.2, -0.15) is 0 Å². The summed E-state index contributed by atoms with van der Waals surface area (Å²) in [6.45, 7) is 70.1. The molecule has 0 radical (unpaired) electrons. The second-order valence-corrected chi connectivity index (χ2v) is 34.5. The summed E-state index contributed by atoms with van der Waals surface area (Å²) in [4.78, 5) is 15.7. The first-order valence-electron chi connectivity index (χ1n) is 32.7. The summed E-state index contributed by atoms with van der Waals surface area (Å²) in [6, 6.07) is 0. The second-order valence-electron chi connectivity index (χ2n) is 34.5. The van der Waals surface area contributed by atoms with Crippen LogP contribution in [0, 0.1) is 32.5 Å². The molecule has 0 aromatic rings. The molecule has 5 N–H and O–H groups in total. The molecule has 0 unspecified atom stereocenters. The Hall–Kier alpha value is -0.440. The highest BCUT2D eigenvalue weighted by Gasteiger charge is 2.52. The average Bonchev–Trinajstić information content (AvgIpc) is 3.70. The highest BCUT2D eigenvalue weighted by molar-refractivity contribution is 5.07. The van der Waals surface area contributed by atoms with E-state index in [0.717, 1.165) is 5.41 Å². The molecular weight excluding hydrogens is 947 g/mol. The molecule has 12 aliphatic rings. The van der Waals surface area contributed by atoms with Gasteiger partial charge in [-0.3, -0.25) is 29.4 Å². The van der Waals surface area contributed by atoms with Crippen molar-refractivity contribution in [3.8, 4) is 0 Å². The van der Waals surface area contributed by atoms with Gasteiger partial charge in [-0.05, 0) is 307 Å².